The van der Waals surface area contributed by atoms with Gasteiger partial charge in [-0.05, 0) is 54.3 Å². The van der Waals surface area contributed by atoms with Gasteiger partial charge in [-0.15, -0.1) is 0 Å². The molecule has 0 atom stereocenters. The van der Waals surface area contributed by atoms with Gasteiger partial charge in [0.15, 0.2) is 5.82 Å². The summed E-state index contributed by atoms with van der Waals surface area (Å²) in [6.07, 6.45) is 7.53. The van der Waals surface area contributed by atoms with Crippen molar-refractivity contribution in [1.29, 1.82) is 0 Å². The van der Waals surface area contributed by atoms with Crippen molar-refractivity contribution in [2.24, 2.45) is 5.92 Å². The number of halogens is 2. The highest BCUT2D eigenvalue weighted by Crippen LogP contribution is 2.30. The van der Waals surface area contributed by atoms with Crippen LogP contribution in [0.25, 0.3) is 11.3 Å². The Labute approximate surface area is 184 Å². The molecule has 3 aromatic rings. The van der Waals surface area contributed by atoms with E-state index >= 15 is 0 Å². The minimum atomic E-state index is -0.283. The lowest BCUT2D eigenvalue weighted by Crippen LogP contribution is -2.18. The van der Waals surface area contributed by atoms with Crippen molar-refractivity contribution in [2.75, 3.05) is 5.32 Å². The molecular formula is C24H23BrFN3O. The van der Waals surface area contributed by atoms with Gasteiger partial charge in [0.05, 0.1) is 24.0 Å². The molecule has 1 aliphatic carbocycles. The molecule has 1 saturated carbocycles. The van der Waals surface area contributed by atoms with Gasteiger partial charge < -0.3 is 5.32 Å². The molecular weight excluding hydrogens is 445 g/mol. The average molecular weight is 468 g/mol. The van der Waals surface area contributed by atoms with Crippen molar-refractivity contribution >= 4 is 27.7 Å². The van der Waals surface area contributed by atoms with Crippen LogP contribution in [-0.4, -0.2) is 15.9 Å². The molecule has 1 fully saturated rings. The molecule has 0 spiro atoms. The van der Waals surface area contributed by atoms with Crippen LogP contribution in [0.5, 0.6) is 0 Å². The van der Waals surface area contributed by atoms with Gasteiger partial charge in [0, 0.05) is 10.0 Å². The molecule has 0 unspecified atom stereocenters. The SMILES string of the molecule is O=C(Cc1ccc(Br)cc1)Nc1ncc(-c2ccc(F)cc2)nc1CC1CCCC1. The molecule has 0 bridgehead atoms. The van der Waals surface area contributed by atoms with E-state index in [2.05, 4.69) is 26.2 Å². The van der Waals surface area contributed by atoms with E-state index in [1.807, 2.05) is 24.3 Å². The highest BCUT2D eigenvalue weighted by Gasteiger charge is 2.20. The van der Waals surface area contributed by atoms with Gasteiger partial charge in [-0.3, -0.25) is 4.79 Å². The zero-order chi connectivity index (χ0) is 20.9. The topological polar surface area (TPSA) is 54.9 Å². The minimum absolute atomic E-state index is 0.117. The number of aromatic nitrogens is 2. The third-order valence-electron chi connectivity index (χ3n) is 5.48. The van der Waals surface area contributed by atoms with Crippen molar-refractivity contribution in [2.45, 2.75) is 38.5 Å². The summed E-state index contributed by atoms with van der Waals surface area (Å²) < 4.78 is 14.3. The Balaban J connectivity index is 1.56. The number of carbonyl (C=O) groups is 1. The van der Waals surface area contributed by atoms with E-state index in [1.54, 1.807) is 18.3 Å². The molecule has 1 N–H and O–H groups in total. The lowest BCUT2D eigenvalue weighted by atomic mass is 10.0. The van der Waals surface area contributed by atoms with Gasteiger partial charge in [0.25, 0.3) is 0 Å². The maximum Gasteiger partial charge on any atom is 0.229 e. The monoisotopic (exact) mass is 467 g/mol. The molecule has 2 aromatic carbocycles. The summed E-state index contributed by atoms with van der Waals surface area (Å²) in [6, 6.07) is 13.9. The molecule has 1 aliphatic rings. The van der Waals surface area contributed by atoms with Crippen molar-refractivity contribution in [3.8, 4) is 11.3 Å². The van der Waals surface area contributed by atoms with Crippen LogP contribution in [0.15, 0.2) is 59.2 Å². The summed E-state index contributed by atoms with van der Waals surface area (Å²) in [5.41, 5.74) is 3.23. The average Bonchev–Trinajstić information content (AvgIpc) is 3.25. The zero-order valence-electron chi connectivity index (χ0n) is 16.6. The van der Waals surface area contributed by atoms with Gasteiger partial charge in [0.1, 0.15) is 5.82 Å². The van der Waals surface area contributed by atoms with Crippen LogP contribution < -0.4 is 5.32 Å². The lowest BCUT2D eigenvalue weighted by Gasteiger charge is -2.14. The Hall–Kier alpha value is -2.60. The summed E-state index contributed by atoms with van der Waals surface area (Å²) in [4.78, 5) is 21.9. The van der Waals surface area contributed by atoms with Crippen LogP contribution in [0.3, 0.4) is 0 Å². The van der Waals surface area contributed by atoms with Gasteiger partial charge in [-0.1, -0.05) is 53.7 Å². The summed E-state index contributed by atoms with van der Waals surface area (Å²) in [6.45, 7) is 0. The van der Waals surface area contributed by atoms with E-state index in [4.69, 9.17) is 4.98 Å². The Bertz CT molecular complexity index is 1020. The Morgan fingerprint density at radius 1 is 1.07 bits per heavy atom. The highest BCUT2D eigenvalue weighted by atomic mass is 79.9. The van der Waals surface area contributed by atoms with E-state index in [1.165, 1.54) is 37.8 Å². The first-order chi connectivity index (χ1) is 14.6. The number of amides is 1. The number of nitrogens with zero attached hydrogens (tertiary/aromatic N) is 2. The fraction of sp³-hybridized carbons (Fsp3) is 0.292. The van der Waals surface area contributed by atoms with E-state index in [9.17, 15) is 9.18 Å². The summed E-state index contributed by atoms with van der Waals surface area (Å²) in [5.74, 6) is 0.684. The number of benzene rings is 2. The first-order valence-corrected chi connectivity index (χ1v) is 11.0. The van der Waals surface area contributed by atoms with Crippen molar-refractivity contribution in [3.63, 3.8) is 0 Å². The van der Waals surface area contributed by atoms with Crippen LogP contribution in [0.1, 0.15) is 36.9 Å². The van der Waals surface area contributed by atoms with E-state index in [-0.39, 0.29) is 18.1 Å². The van der Waals surface area contributed by atoms with Crippen LogP contribution in [0.2, 0.25) is 0 Å². The fourth-order valence-corrected chi connectivity index (χ4v) is 4.15. The molecule has 0 radical (unpaired) electrons. The number of anilines is 1. The number of hydrogen-bond acceptors (Lipinski definition) is 3. The Morgan fingerprint density at radius 2 is 1.77 bits per heavy atom. The van der Waals surface area contributed by atoms with Crippen LogP contribution in [-0.2, 0) is 17.6 Å². The smallest absolute Gasteiger partial charge is 0.229 e. The van der Waals surface area contributed by atoms with Crippen LogP contribution >= 0.6 is 15.9 Å². The van der Waals surface area contributed by atoms with Crippen LogP contribution in [0, 0.1) is 11.7 Å². The molecule has 1 aromatic heterocycles. The van der Waals surface area contributed by atoms with E-state index in [0.717, 1.165) is 27.7 Å². The predicted molar refractivity (Wildman–Crippen MR) is 120 cm³/mol. The zero-order valence-corrected chi connectivity index (χ0v) is 18.2. The second kappa shape index (κ2) is 9.47. The van der Waals surface area contributed by atoms with Crippen LogP contribution in [0.4, 0.5) is 10.2 Å². The Kier molecular flexibility index (Phi) is 6.53. The number of rotatable bonds is 6. The van der Waals surface area contributed by atoms with Gasteiger partial charge in [0.2, 0.25) is 5.91 Å². The molecule has 154 valence electrons. The summed E-state index contributed by atoms with van der Waals surface area (Å²) in [5, 5.41) is 2.95. The molecule has 4 nitrogen and oxygen atoms in total. The normalized spacial score (nSPS) is 14.1. The van der Waals surface area contributed by atoms with E-state index < -0.39 is 0 Å². The standard InChI is InChI=1S/C24H23BrFN3O/c25-19-9-5-17(6-10-19)14-23(30)29-24-21(13-16-3-1-2-4-16)28-22(15-27-24)18-7-11-20(26)12-8-18/h5-12,15-16H,1-4,13-14H2,(H,27,29,30). The number of nitrogens with one attached hydrogen (secondary N) is 1. The van der Waals surface area contributed by atoms with Gasteiger partial charge in [-0.25, -0.2) is 14.4 Å². The third-order valence-corrected chi connectivity index (χ3v) is 6.01. The van der Waals surface area contributed by atoms with Crippen molar-refractivity contribution in [3.05, 3.63) is 76.3 Å². The highest BCUT2D eigenvalue weighted by molar-refractivity contribution is 9.10. The number of hydrogen-bond donors (Lipinski definition) is 1. The molecule has 30 heavy (non-hydrogen) atoms. The van der Waals surface area contributed by atoms with Crippen molar-refractivity contribution in [1.82, 2.24) is 9.97 Å². The molecule has 1 heterocycles. The number of carbonyl (C=O) groups excluding carboxylic acids is 1. The third kappa shape index (κ3) is 5.30. The summed E-state index contributed by atoms with van der Waals surface area (Å²) >= 11 is 3.41. The first-order valence-electron chi connectivity index (χ1n) is 10.2. The van der Waals surface area contributed by atoms with E-state index in [0.29, 0.717) is 17.4 Å². The molecule has 0 saturated heterocycles. The first kappa shape index (κ1) is 20.7. The fourth-order valence-electron chi connectivity index (χ4n) is 3.89. The van der Waals surface area contributed by atoms with Crippen molar-refractivity contribution < 1.29 is 9.18 Å². The maximum atomic E-state index is 13.3. The minimum Gasteiger partial charge on any atom is -0.309 e. The molecule has 1 amide bonds. The second-order valence-corrected chi connectivity index (χ2v) is 8.68. The largest absolute Gasteiger partial charge is 0.309 e. The maximum absolute atomic E-state index is 13.3. The lowest BCUT2D eigenvalue weighted by molar-refractivity contribution is -0.115. The Morgan fingerprint density at radius 3 is 2.47 bits per heavy atom. The quantitative estimate of drug-likeness (QED) is 0.486. The predicted octanol–water partition coefficient (Wildman–Crippen LogP) is 5.96. The second-order valence-electron chi connectivity index (χ2n) is 7.76. The summed E-state index contributed by atoms with van der Waals surface area (Å²) in [7, 11) is 0. The van der Waals surface area contributed by atoms with Gasteiger partial charge >= 0.3 is 0 Å². The molecule has 0 aliphatic heterocycles. The van der Waals surface area contributed by atoms with Gasteiger partial charge in [-0.2, -0.15) is 0 Å². The molecule has 6 heteroatoms. The molecule has 4 rings (SSSR count).